The van der Waals surface area contributed by atoms with Crippen LogP contribution in [0.25, 0.3) is 11.0 Å². The molecule has 148 valence electrons. The van der Waals surface area contributed by atoms with E-state index >= 15 is 0 Å². The summed E-state index contributed by atoms with van der Waals surface area (Å²) in [6, 6.07) is 10.1. The van der Waals surface area contributed by atoms with E-state index in [1.54, 1.807) is 19.1 Å². The molecule has 0 aliphatic carbocycles. The number of benzene rings is 2. The lowest BCUT2D eigenvalue weighted by atomic mass is 10.3. The molecule has 1 unspecified atom stereocenters. The highest BCUT2D eigenvalue weighted by atomic mass is 32.2. The Hall–Kier alpha value is -3.31. The molecule has 10 nitrogen and oxygen atoms in total. The fourth-order valence-electron chi connectivity index (χ4n) is 2.42. The maximum Gasteiger partial charge on any atom is 0.411 e. The number of imidazole rings is 1. The number of hydrogen-bond acceptors (Lipinski definition) is 7. The summed E-state index contributed by atoms with van der Waals surface area (Å²) in [5.41, 5.74) is 1.52. The van der Waals surface area contributed by atoms with Gasteiger partial charge in [0.2, 0.25) is 5.95 Å². The maximum absolute atomic E-state index is 12.5. The predicted octanol–water partition coefficient (Wildman–Crippen LogP) is 2.21. The van der Waals surface area contributed by atoms with Crippen molar-refractivity contribution in [3.63, 3.8) is 0 Å². The van der Waals surface area contributed by atoms with Gasteiger partial charge in [0, 0.05) is 17.8 Å². The number of amides is 1. The molecular formula is C17H18N4O6S. The van der Waals surface area contributed by atoms with Gasteiger partial charge < -0.3 is 24.7 Å². The third-order valence-corrected chi connectivity index (χ3v) is 4.98. The lowest BCUT2D eigenvalue weighted by Crippen LogP contribution is -2.19. The van der Waals surface area contributed by atoms with Crippen molar-refractivity contribution < 1.29 is 27.6 Å². The van der Waals surface area contributed by atoms with Crippen molar-refractivity contribution in [3.8, 4) is 5.75 Å². The summed E-state index contributed by atoms with van der Waals surface area (Å²) in [4.78, 5) is 17.4. The summed E-state index contributed by atoms with van der Waals surface area (Å²) in [6.07, 6.45) is -1.27. The Kier molecular flexibility index (Phi) is 5.38. The lowest BCUT2D eigenvalue weighted by Gasteiger charge is -2.13. The van der Waals surface area contributed by atoms with Crippen LogP contribution in [-0.4, -0.2) is 47.3 Å². The molecule has 0 saturated carbocycles. The first-order chi connectivity index (χ1) is 13.3. The fraction of sp³-hybridized carbons (Fsp3) is 0.176. The van der Waals surface area contributed by atoms with Crippen molar-refractivity contribution in [1.82, 2.24) is 9.97 Å². The highest BCUT2D eigenvalue weighted by Gasteiger charge is 2.17. The van der Waals surface area contributed by atoms with E-state index in [-0.39, 0.29) is 29.2 Å². The molecule has 0 aliphatic heterocycles. The van der Waals surface area contributed by atoms with Crippen molar-refractivity contribution in [1.29, 1.82) is 0 Å². The van der Waals surface area contributed by atoms with Crippen molar-refractivity contribution in [2.45, 2.75) is 17.9 Å². The van der Waals surface area contributed by atoms with Crippen LogP contribution in [0.5, 0.6) is 5.75 Å². The highest BCUT2D eigenvalue weighted by Crippen LogP contribution is 2.24. The van der Waals surface area contributed by atoms with Gasteiger partial charge in [-0.25, -0.2) is 9.78 Å². The Morgan fingerprint density at radius 3 is 2.61 bits per heavy atom. The lowest BCUT2D eigenvalue weighted by molar-refractivity contribution is 0.209. The third-order valence-electron chi connectivity index (χ3n) is 3.71. The van der Waals surface area contributed by atoms with Crippen LogP contribution in [0, 0.1) is 0 Å². The zero-order valence-electron chi connectivity index (χ0n) is 14.7. The van der Waals surface area contributed by atoms with Gasteiger partial charge in [0.05, 0.1) is 17.6 Å². The Morgan fingerprint density at radius 1 is 1.25 bits per heavy atom. The number of rotatable bonds is 7. The van der Waals surface area contributed by atoms with E-state index < -0.39 is 16.2 Å². The van der Waals surface area contributed by atoms with Crippen molar-refractivity contribution in [2.75, 3.05) is 17.2 Å². The fourth-order valence-corrected chi connectivity index (χ4v) is 3.35. The first-order valence-electron chi connectivity index (χ1n) is 8.18. The number of anilines is 2. The molecule has 0 radical (unpaired) electrons. The quantitative estimate of drug-likeness (QED) is 0.374. The number of aromatic nitrogens is 2. The van der Waals surface area contributed by atoms with Gasteiger partial charge in [-0.2, -0.15) is 8.42 Å². The van der Waals surface area contributed by atoms with E-state index in [0.717, 1.165) is 0 Å². The number of fused-ring (bicyclic) bond motifs is 1. The second-order valence-corrected chi connectivity index (χ2v) is 7.53. The minimum atomic E-state index is -4.07. The van der Waals surface area contributed by atoms with Gasteiger partial charge in [-0.05, 0) is 43.3 Å². The Balaban J connectivity index is 1.78. The number of aliphatic hydroxyl groups is 1. The number of aromatic amines is 1. The van der Waals surface area contributed by atoms with Gasteiger partial charge in [-0.1, -0.05) is 0 Å². The standard InChI is InChI=1S/C17H18N4O6S/c1-10(9-22)18-11-2-5-13(6-3-11)28(25,26)27-12-4-7-14-15(8-12)20-16(19-14)21-17(23)24/h2-8,10,18,22H,9H2,1H3,(H,23,24)(H2,19,20,21). The predicted molar refractivity (Wildman–Crippen MR) is 102 cm³/mol. The maximum atomic E-state index is 12.5. The zero-order chi connectivity index (χ0) is 20.3. The highest BCUT2D eigenvalue weighted by molar-refractivity contribution is 7.87. The molecule has 0 aliphatic rings. The number of H-pyrrole nitrogens is 1. The molecule has 1 amide bonds. The molecule has 0 spiro atoms. The normalized spacial score (nSPS) is 12.5. The Bertz CT molecular complexity index is 1090. The van der Waals surface area contributed by atoms with Crippen LogP contribution in [0.1, 0.15) is 6.92 Å². The van der Waals surface area contributed by atoms with Crippen LogP contribution in [0.4, 0.5) is 16.4 Å². The van der Waals surface area contributed by atoms with Crippen LogP contribution in [0.15, 0.2) is 47.4 Å². The van der Waals surface area contributed by atoms with E-state index in [2.05, 4.69) is 20.6 Å². The van der Waals surface area contributed by atoms with E-state index in [1.807, 2.05) is 0 Å². The summed E-state index contributed by atoms with van der Waals surface area (Å²) in [5.74, 6) is 0.0665. The number of nitrogens with one attached hydrogen (secondary N) is 3. The minimum absolute atomic E-state index is 0.0164. The Labute approximate surface area is 160 Å². The smallest absolute Gasteiger partial charge is 0.411 e. The summed E-state index contributed by atoms with van der Waals surface area (Å²) in [5, 5.41) is 22.9. The van der Waals surface area contributed by atoms with E-state index in [9.17, 15) is 13.2 Å². The molecular weight excluding hydrogens is 388 g/mol. The molecule has 0 saturated heterocycles. The summed E-state index contributed by atoms with van der Waals surface area (Å²) in [6.45, 7) is 1.74. The van der Waals surface area contributed by atoms with Crippen LogP contribution < -0.4 is 14.8 Å². The van der Waals surface area contributed by atoms with Gasteiger partial charge in [0.15, 0.2) is 0 Å². The number of nitrogens with zero attached hydrogens (tertiary/aromatic N) is 1. The average Bonchev–Trinajstić information content (AvgIpc) is 3.02. The van der Waals surface area contributed by atoms with Crippen LogP contribution in [0.3, 0.4) is 0 Å². The number of carbonyl (C=O) groups is 1. The first-order valence-corrected chi connectivity index (χ1v) is 9.59. The molecule has 2 aromatic carbocycles. The zero-order valence-corrected chi connectivity index (χ0v) is 15.5. The molecule has 1 aromatic heterocycles. The topological polar surface area (TPSA) is 154 Å². The van der Waals surface area contributed by atoms with Crippen molar-refractivity contribution in [3.05, 3.63) is 42.5 Å². The van der Waals surface area contributed by atoms with E-state index in [1.165, 1.54) is 30.3 Å². The largest absolute Gasteiger partial charge is 0.465 e. The third kappa shape index (κ3) is 4.50. The van der Waals surface area contributed by atoms with Crippen LogP contribution in [0.2, 0.25) is 0 Å². The SMILES string of the molecule is CC(CO)Nc1ccc(S(=O)(=O)Oc2ccc3nc(NC(=O)O)[nH]c3c2)cc1. The second kappa shape index (κ2) is 7.74. The molecule has 0 bridgehead atoms. The second-order valence-electron chi connectivity index (χ2n) is 5.98. The van der Waals surface area contributed by atoms with Crippen molar-refractivity contribution >= 4 is 38.9 Å². The van der Waals surface area contributed by atoms with Gasteiger partial charge in [0.25, 0.3) is 0 Å². The average molecular weight is 406 g/mol. The van der Waals surface area contributed by atoms with Gasteiger partial charge in [0.1, 0.15) is 10.6 Å². The molecule has 3 aromatic rings. The van der Waals surface area contributed by atoms with E-state index in [4.69, 9.17) is 14.4 Å². The number of aliphatic hydroxyl groups excluding tert-OH is 1. The van der Waals surface area contributed by atoms with Gasteiger partial charge >= 0.3 is 16.2 Å². The van der Waals surface area contributed by atoms with Gasteiger partial charge in [-0.15, -0.1) is 0 Å². The molecule has 3 rings (SSSR count). The van der Waals surface area contributed by atoms with Crippen molar-refractivity contribution in [2.24, 2.45) is 0 Å². The van der Waals surface area contributed by atoms with E-state index in [0.29, 0.717) is 16.7 Å². The molecule has 1 atom stereocenters. The molecule has 0 fully saturated rings. The molecule has 28 heavy (non-hydrogen) atoms. The van der Waals surface area contributed by atoms with Crippen LogP contribution >= 0.6 is 0 Å². The summed E-state index contributed by atoms with van der Waals surface area (Å²) in [7, 11) is -4.07. The summed E-state index contributed by atoms with van der Waals surface area (Å²) < 4.78 is 30.1. The number of hydrogen-bond donors (Lipinski definition) is 5. The Morgan fingerprint density at radius 2 is 1.96 bits per heavy atom. The monoisotopic (exact) mass is 406 g/mol. The first kappa shape index (κ1) is 19.5. The molecule has 1 heterocycles. The summed E-state index contributed by atoms with van der Waals surface area (Å²) >= 11 is 0. The minimum Gasteiger partial charge on any atom is -0.465 e. The molecule has 5 N–H and O–H groups in total. The van der Waals surface area contributed by atoms with Gasteiger partial charge in [-0.3, -0.25) is 5.32 Å². The van der Waals surface area contributed by atoms with Crippen LogP contribution in [-0.2, 0) is 10.1 Å². The molecule has 11 heteroatoms. The number of carboxylic acid groups (broad SMARTS) is 1.